The topological polar surface area (TPSA) is 78.9 Å². The number of anilines is 1. The van der Waals surface area contributed by atoms with Crippen LogP contribution in [0.3, 0.4) is 0 Å². The van der Waals surface area contributed by atoms with Crippen molar-refractivity contribution in [1.82, 2.24) is 4.90 Å². The number of hydrogen-bond donors (Lipinski definition) is 2. The van der Waals surface area contributed by atoms with Gasteiger partial charge in [0.25, 0.3) is 0 Å². The van der Waals surface area contributed by atoms with Crippen LogP contribution in [0.25, 0.3) is 0 Å². The third-order valence-electron chi connectivity index (χ3n) is 4.07. The number of likely N-dealkylation sites (tertiary alicyclic amines) is 1. The van der Waals surface area contributed by atoms with Crippen molar-refractivity contribution in [3.8, 4) is 5.75 Å². The molecule has 1 heterocycles. The molecule has 1 atom stereocenters. The lowest BCUT2D eigenvalue weighted by Crippen LogP contribution is -2.44. The second kappa shape index (κ2) is 8.29. The number of carboxylic acid groups (broad SMARTS) is 1. The second-order valence-electron chi connectivity index (χ2n) is 6.11. The molecule has 1 fully saturated rings. The monoisotopic (exact) mass is 374 g/mol. The Kier molecular flexibility index (Phi) is 6.33. The van der Waals surface area contributed by atoms with Crippen molar-refractivity contribution in [2.45, 2.75) is 32.4 Å². The van der Waals surface area contributed by atoms with Crippen molar-refractivity contribution >= 4 is 17.7 Å². The Morgan fingerprint density at radius 2 is 2.12 bits per heavy atom. The van der Waals surface area contributed by atoms with Gasteiger partial charge in [-0.2, -0.15) is 13.2 Å². The zero-order valence-electron chi connectivity index (χ0n) is 14.3. The Morgan fingerprint density at radius 1 is 1.38 bits per heavy atom. The van der Waals surface area contributed by atoms with Gasteiger partial charge in [0.1, 0.15) is 5.75 Å². The molecular formula is C17H21F3N2O4. The first-order valence-corrected chi connectivity index (χ1v) is 8.35. The van der Waals surface area contributed by atoms with Gasteiger partial charge in [-0.25, -0.2) is 4.79 Å². The van der Waals surface area contributed by atoms with Crippen LogP contribution in [0.15, 0.2) is 18.2 Å². The average molecular weight is 374 g/mol. The van der Waals surface area contributed by atoms with E-state index >= 15 is 0 Å². The van der Waals surface area contributed by atoms with Crippen LogP contribution in [0, 0.1) is 5.92 Å². The minimum Gasteiger partial charge on any atom is -0.491 e. The normalized spacial score (nSPS) is 17.7. The third kappa shape index (κ3) is 5.03. The molecule has 6 nitrogen and oxygen atoms in total. The third-order valence-corrected chi connectivity index (χ3v) is 4.07. The number of carbonyl (C=O) groups is 2. The number of nitrogens with one attached hydrogen (secondary N) is 1. The van der Waals surface area contributed by atoms with Crippen molar-refractivity contribution in [1.29, 1.82) is 0 Å². The van der Waals surface area contributed by atoms with Gasteiger partial charge in [0.2, 0.25) is 0 Å². The predicted molar refractivity (Wildman–Crippen MR) is 88.2 cm³/mol. The Balaban J connectivity index is 2.19. The number of amides is 2. The minimum absolute atomic E-state index is 0.0191. The van der Waals surface area contributed by atoms with Gasteiger partial charge < -0.3 is 20.1 Å². The van der Waals surface area contributed by atoms with Gasteiger partial charge in [0, 0.05) is 13.1 Å². The van der Waals surface area contributed by atoms with Crippen molar-refractivity contribution in [2.24, 2.45) is 5.92 Å². The highest BCUT2D eigenvalue weighted by Gasteiger charge is 2.32. The number of alkyl halides is 3. The van der Waals surface area contributed by atoms with E-state index in [1.165, 1.54) is 11.0 Å². The quantitative estimate of drug-likeness (QED) is 0.821. The van der Waals surface area contributed by atoms with Crippen LogP contribution in [0.5, 0.6) is 5.75 Å². The van der Waals surface area contributed by atoms with Crippen molar-refractivity contribution in [3.63, 3.8) is 0 Å². The maximum absolute atomic E-state index is 13.0. The highest BCUT2D eigenvalue weighted by molar-refractivity contribution is 5.91. The molecule has 1 aromatic rings. The number of piperidine rings is 1. The average Bonchev–Trinajstić information content (AvgIpc) is 2.59. The van der Waals surface area contributed by atoms with Crippen molar-refractivity contribution < 1.29 is 32.6 Å². The lowest BCUT2D eigenvalue weighted by Gasteiger charge is -2.31. The minimum atomic E-state index is -4.55. The van der Waals surface area contributed by atoms with E-state index in [2.05, 4.69) is 5.32 Å². The molecule has 0 aliphatic carbocycles. The Hall–Kier alpha value is -2.45. The molecule has 144 valence electrons. The number of aliphatic carboxylic acids is 1. The molecule has 1 saturated heterocycles. The SMILES string of the molecule is CCCOc1ccc(C(F)(F)F)cc1NC(=O)N1CCCC(C(=O)O)C1. The second-order valence-corrected chi connectivity index (χ2v) is 6.11. The van der Waals surface area contributed by atoms with Crippen LogP contribution in [0.4, 0.5) is 23.7 Å². The van der Waals surface area contributed by atoms with Gasteiger partial charge in [-0.15, -0.1) is 0 Å². The largest absolute Gasteiger partial charge is 0.491 e. The van der Waals surface area contributed by atoms with E-state index in [1.54, 1.807) is 0 Å². The Bertz CT molecular complexity index is 664. The number of benzene rings is 1. The van der Waals surface area contributed by atoms with Crippen LogP contribution in [-0.4, -0.2) is 41.7 Å². The number of halogens is 3. The summed E-state index contributed by atoms with van der Waals surface area (Å²) < 4.78 is 44.3. The van der Waals surface area contributed by atoms with Crippen LogP contribution in [0.2, 0.25) is 0 Å². The number of carbonyl (C=O) groups excluding carboxylic acids is 1. The van der Waals surface area contributed by atoms with Gasteiger partial charge in [0.05, 0.1) is 23.8 Å². The van der Waals surface area contributed by atoms with Crippen LogP contribution < -0.4 is 10.1 Å². The van der Waals surface area contributed by atoms with E-state index in [4.69, 9.17) is 9.84 Å². The Morgan fingerprint density at radius 3 is 2.73 bits per heavy atom. The van der Waals surface area contributed by atoms with Crippen LogP contribution in [-0.2, 0) is 11.0 Å². The molecule has 0 radical (unpaired) electrons. The standard InChI is InChI=1S/C17H21F3N2O4/c1-2-8-26-14-6-5-12(17(18,19)20)9-13(14)21-16(25)22-7-3-4-11(10-22)15(23)24/h5-6,9,11H,2-4,7-8,10H2,1H3,(H,21,25)(H,23,24). The number of ether oxygens (including phenoxy) is 1. The van der Waals surface area contributed by atoms with Crippen molar-refractivity contribution in [3.05, 3.63) is 23.8 Å². The summed E-state index contributed by atoms with van der Waals surface area (Å²) in [6, 6.07) is 2.24. The molecule has 2 rings (SSSR count). The molecule has 26 heavy (non-hydrogen) atoms. The smallest absolute Gasteiger partial charge is 0.416 e. The molecule has 1 aliphatic rings. The summed E-state index contributed by atoms with van der Waals surface area (Å²) in [5.41, 5.74) is -0.991. The van der Waals surface area contributed by atoms with E-state index in [-0.39, 0.29) is 18.0 Å². The summed E-state index contributed by atoms with van der Waals surface area (Å²) in [5.74, 6) is -1.53. The van der Waals surface area contributed by atoms with E-state index in [1.807, 2.05) is 6.92 Å². The first kappa shape index (κ1) is 19.9. The molecule has 1 unspecified atom stereocenters. The molecule has 1 aliphatic heterocycles. The Labute approximate surface area is 148 Å². The van der Waals surface area contributed by atoms with Crippen LogP contribution >= 0.6 is 0 Å². The zero-order valence-corrected chi connectivity index (χ0v) is 14.3. The number of rotatable bonds is 5. The fourth-order valence-electron chi connectivity index (χ4n) is 2.70. The van der Waals surface area contributed by atoms with E-state index in [0.29, 0.717) is 32.4 Å². The lowest BCUT2D eigenvalue weighted by atomic mass is 9.99. The molecule has 0 saturated carbocycles. The summed E-state index contributed by atoms with van der Waals surface area (Å²) in [6.45, 7) is 2.51. The molecule has 1 aromatic carbocycles. The van der Waals surface area contributed by atoms with Gasteiger partial charge in [-0.05, 0) is 37.5 Å². The lowest BCUT2D eigenvalue weighted by molar-refractivity contribution is -0.143. The molecule has 0 spiro atoms. The number of hydrogen-bond acceptors (Lipinski definition) is 3. The maximum Gasteiger partial charge on any atom is 0.416 e. The first-order valence-electron chi connectivity index (χ1n) is 8.35. The molecule has 2 N–H and O–H groups in total. The van der Waals surface area contributed by atoms with E-state index in [0.717, 1.165) is 12.1 Å². The van der Waals surface area contributed by atoms with Crippen LogP contribution in [0.1, 0.15) is 31.7 Å². The highest BCUT2D eigenvalue weighted by atomic mass is 19.4. The molecule has 9 heteroatoms. The highest BCUT2D eigenvalue weighted by Crippen LogP contribution is 2.35. The molecule has 0 aromatic heterocycles. The summed E-state index contributed by atoms with van der Waals surface area (Å²) in [7, 11) is 0. The summed E-state index contributed by atoms with van der Waals surface area (Å²) >= 11 is 0. The zero-order chi connectivity index (χ0) is 19.3. The summed E-state index contributed by atoms with van der Waals surface area (Å²) in [6.07, 6.45) is -2.91. The predicted octanol–water partition coefficient (Wildman–Crippen LogP) is 3.82. The number of carboxylic acids is 1. The number of urea groups is 1. The van der Waals surface area contributed by atoms with Crippen molar-refractivity contribution in [2.75, 3.05) is 25.0 Å². The summed E-state index contributed by atoms with van der Waals surface area (Å²) in [4.78, 5) is 24.8. The molecule has 2 amide bonds. The fourth-order valence-corrected chi connectivity index (χ4v) is 2.70. The number of nitrogens with zero attached hydrogens (tertiary/aromatic N) is 1. The maximum atomic E-state index is 13.0. The van der Waals surface area contributed by atoms with Gasteiger partial charge in [0.15, 0.2) is 0 Å². The fraction of sp³-hybridized carbons (Fsp3) is 0.529. The van der Waals surface area contributed by atoms with Gasteiger partial charge in [-0.3, -0.25) is 4.79 Å². The summed E-state index contributed by atoms with van der Waals surface area (Å²) in [5, 5.41) is 11.5. The molecule has 0 bridgehead atoms. The van der Waals surface area contributed by atoms with Gasteiger partial charge in [-0.1, -0.05) is 6.92 Å². The molecular weight excluding hydrogens is 353 g/mol. The first-order chi connectivity index (χ1) is 12.2. The van der Waals surface area contributed by atoms with E-state index in [9.17, 15) is 22.8 Å². The van der Waals surface area contributed by atoms with E-state index < -0.39 is 29.7 Å². The van der Waals surface area contributed by atoms with Gasteiger partial charge >= 0.3 is 18.2 Å².